The molecule has 0 aromatic heterocycles. The average Bonchev–Trinajstić information content (AvgIpc) is 2.25. The standard InChI is InChI=1S/C9H21N3O.C2H5NO/c1-4-6-7-9(3,5-2)11-8(13)12-10;1-2(3)4/h4-7,10H2,1-3H3,(H2,11,12,13);1H3,(H2,3,4). The zero-order valence-corrected chi connectivity index (χ0v) is 11.3. The van der Waals surface area contributed by atoms with Gasteiger partial charge >= 0.3 is 6.03 Å². The first-order valence-corrected chi connectivity index (χ1v) is 5.86. The maximum Gasteiger partial charge on any atom is 0.329 e. The number of hydrogen-bond acceptors (Lipinski definition) is 3. The van der Waals surface area contributed by atoms with Gasteiger partial charge in [0.1, 0.15) is 0 Å². The van der Waals surface area contributed by atoms with Gasteiger partial charge < -0.3 is 11.1 Å². The van der Waals surface area contributed by atoms with Crippen LogP contribution >= 0.6 is 0 Å². The average molecular weight is 246 g/mol. The van der Waals surface area contributed by atoms with Crippen molar-refractivity contribution in [2.75, 3.05) is 0 Å². The Balaban J connectivity index is 0. The molecule has 0 aliphatic heterocycles. The van der Waals surface area contributed by atoms with Crippen molar-refractivity contribution in [2.45, 2.75) is 58.9 Å². The van der Waals surface area contributed by atoms with E-state index >= 15 is 0 Å². The molecule has 0 bridgehead atoms. The van der Waals surface area contributed by atoms with Crippen LogP contribution in [-0.4, -0.2) is 17.5 Å². The van der Waals surface area contributed by atoms with E-state index < -0.39 is 0 Å². The number of hydrogen-bond donors (Lipinski definition) is 4. The summed E-state index contributed by atoms with van der Waals surface area (Å²) in [5.41, 5.74) is 6.43. The van der Waals surface area contributed by atoms with Crippen molar-refractivity contribution in [3.63, 3.8) is 0 Å². The van der Waals surface area contributed by atoms with Crippen molar-refractivity contribution in [3.05, 3.63) is 0 Å². The lowest BCUT2D eigenvalue weighted by Gasteiger charge is -2.29. The molecular weight excluding hydrogens is 220 g/mol. The molecule has 1 atom stereocenters. The number of primary amides is 1. The summed E-state index contributed by atoms with van der Waals surface area (Å²) in [4.78, 5) is 20.2. The molecule has 0 radical (unpaired) electrons. The molecule has 1 unspecified atom stereocenters. The topological polar surface area (TPSA) is 110 Å². The number of nitrogens with two attached hydrogens (primary N) is 2. The highest BCUT2D eigenvalue weighted by Gasteiger charge is 2.22. The van der Waals surface area contributed by atoms with E-state index in [1.165, 1.54) is 6.92 Å². The molecule has 0 spiro atoms. The molecule has 3 amide bonds. The number of nitrogens with one attached hydrogen (secondary N) is 2. The fourth-order valence-corrected chi connectivity index (χ4v) is 1.20. The van der Waals surface area contributed by atoms with Crippen LogP contribution in [0, 0.1) is 0 Å². The molecule has 6 heteroatoms. The third kappa shape index (κ3) is 12.6. The van der Waals surface area contributed by atoms with Crippen molar-refractivity contribution in [1.29, 1.82) is 0 Å². The second kappa shape index (κ2) is 9.89. The van der Waals surface area contributed by atoms with E-state index in [0.29, 0.717) is 0 Å². The molecule has 0 saturated heterocycles. The zero-order valence-electron chi connectivity index (χ0n) is 11.3. The Morgan fingerprint density at radius 2 is 1.76 bits per heavy atom. The molecule has 0 rings (SSSR count). The van der Waals surface area contributed by atoms with E-state index in [9.17, 15) is 9.59 Å². The Hall–Kier alpha value is -1.30. The Bertz CT molecular complexity index is 230. The summed E-state index contributed by atoms with van der Waals surface area (Å²) >= 11 is 0. The highest BCUT2D eigenvalue weighted by atomic mass is 16.2. The smallest absolute Gasteiger partial charge is 0.329 e. The number of carbonyl (C=O) groups excluding carboxylic acids is 2. The zero-order chi connectivity index (χ0) is 13.9. The van der Waals surface area contributed by atoms with Gasteiger partial charge in [0.15, 0.2) is 0 Å². The summed E-state index contributed by atoms with van der Waals surface area (Å²) in [6.07, 6.45) is 4.17. The van der Waals surface area contributed by atoms with Gasteiger partial charge in [-0.15, -0.1) is 0 Å². The van der Waals surface area contributed by atoms with Crippen LogP contribution in [0.1, 0.15) is 53.4 Å². The molecule has 0 heterocycles. The molecule has 0 aliphatic carbocycles. The highest BCUT2D eigenvalue weighted by Crippen LogP contribution is 2.17. The number of hydrazine groups is 1. The summed E-state index contributed by atoms with van der Waals surface area (Å²) in [5.74, 6) is 4.67. The first-order chi connectivity index (χ1) is 7.81. The third-order valence-electron chi connectivity index (χ3n) is 2.41. The Kier molecular flexibility index (Phi) is 10.5. The van der Waals surface area contributed by atoms with Crippen molar-refractivity contribution >= 4 is 11.9 Å². The fraction of sp³-hybridized carbons (Fsp3) is 0.818. The van der Waals surface area contributed by atoms with Gasteiger partial charge in [-0.1, -0.05) is 26.7 Å². The van der Waals surface area contributed by atoms with Crippen molar-refractivity contribution in [3.8, 4) is 0 Å². The molecule has 0 fully saturated rings. The number of amides is 3. The first kappa shape index (κ1) is 18.1. The van der Waals surface area contributed by atoms with E-state index in [-0.39, 0.29) is 17.5 Å². The van der Waals surface area contributed by atoms with Gasteiger partial charge in [-0.25, -0.2) is 10.6 Å². The molecule has 0 aromatic rings. The van der Waals surface area contributed by atoms with Crippen LogP contribution in [0.25, 0.3) is 0 Å². The lowest BCUT2D eigenvalue weighted by molar-refractivity contribution is -0.115. The summed E-state index contributed by atoms with van der Waals surface area (Å²) < 4.78 is 0. The van der Waals surface area contributed by atoms with E-state index in [2.05, 4.69) is 30.3 Å². The van der Waals surface area contributed by atoms with Crippen molar-refractivity contribution in [1.82, 2.24) is 10.7 Å². The van der Waals surface area contributed by atoms with Crippen molar-refractivity contribution < 1.29 is 9.59 Å². The van der Waals surface area contributed by atoms with Crippen LogP contribution < -0.4 is 22.3 Å². The van der Waals surface area contributed by atoms with E-state index in [4.69, 9.17) is 5.84 Å². The summed E-state index contributed by atoms with van der Waals surface area (Å²) in [6, 6.07) is -0.305. The first-order valence-electron chi connectivity index (χ1n) is 5.86. The second-order valence-electron chi connectivity index (χ2n) is 4.23. The fourth-order valence-electron chi connectivity index (χ4n) is 1.20. The van der Waals surface area contributed by atoms with Crippen LogP contribution in [0.4, 0.5) is 4.79 Å². The van der Waals surface area contributed by atoms with Gasteiger partial charge in [0.25, 0.3) is 0 Å². The Morgan fingerprint density at radius 3 is 2.06 bits per heavy atom. The molecule has 17 heavy (non-hydrogen) atoms. The normalized spacial score (nSPS) is 12.8. The Labute approximate surface area is 103 Å². The SMILES string of the molecule is CC(N)=O.CCCCC(C)(CC)NC(=O)NN. The van der Waals surface area contributed by atoms with Crippen LogP contribution in [0.15, 0.2) is 0 Å². The molecule has 0 aliphatic rings. The lowest BCUT2D eigenvalue weighted by atomic mass is 9.92. The maximum atomic E-state index is 11.0. The predicted molar refractivity (Wildman–Crippen MR) is 68.9 cm³/mol. The third-order valence-corrected chi connectivity index (χ3v) is 2.41. The monoisotopic (exact) mass is 246 g/mol. The van der Waals surface area contributed by atoms with Gasteiger partial charge in [-0.05, 0) is 19.8 Å². The van der Waals surface area contributed by atoms with Gasteiger partial charge in [0, 0.05) is 12.5 Å². The summed E-state index contributed by atoms with van der Waals surface area (Å²) in [6.45, 7) is 7.55. The summed E-state index contributed by atoms with van der Waals surface area (Å²) in [5, 5.41) is 2.85. The highest BCUT2D eigenvalue weighted by molar-refractivity contribution is 5.73. The van der Waals surface area contributed by atoms with E-state index in [0.717, 1.165) is 25.7 Å². The van der Waals surface area contributed by atoms with Crippen LogP contribution in [0.3, 0.4) is 0 Å². The second-order valence-corrected chi connectivity index (χ2v) is 4.23. The largest absolute Gasteiger partial charge is 0.370 e. The van der Waals surface area contributed by atoms with Gasteiger partial charge in [0.05, 0.1) is 0 Å². The minimum absolute atomic E-state index is 0.126. The Morgan fingerprint density at radius 1 is 1.29 bits per heavy atom. The quantitative estimate of drug-likeness (QED) is 0.330. The predicted octanol–water partition coefficient (Wildman–Crippen LogP) is 1.01. The molecule has 6 N–H and O–H groups in total. The van der Waals surface area contributed by atoms with Gasteiger partial charge in [-0.2, -0.15) is 0 Å². The molecular formula is C11H26N4O2. The number of rotatable bonds is 5. The van der Waals surface area contributed by atoms with Crippen LogP contribution in [0.2, 0.25) is 0 Å². The minimum atomic E-state index is -0.333. The number of carbonyl (C=O) groups is 2. The maximum absolute atomic E-state index is 11.0. The van der Waals surface area contributed by atoms with Crippen LogP contribution in [-0.2, 0) is 4.79 Å². The molecule has 0 aromatic carbocycles. The minimum Gasteiger partial charge on any atom is -0.370 e. The van der Waals surface area contributed by atoms with Gasteiger partial charge in [-0.3, -0.25) is 10.2 Å². The summed E-state index contributed by atoms with van der Waals surface area (Å²) in [7, 11) is 0. The van der Waals surface area contributed by atoms with E-state index in [1.54, 1.807) is 0 Å². The van der Waals surface area contributed by atoms with E-state index in [1.807, 2.05) is 6.92 Å². The lowest BCUT2D eigenvalue weighted by Crippen LogP contribution is -2.51. The molecule has 102 valence electrons. The molecule has 6 nitrogen and oxygen atoms in total. The molecule has 0 saturated carbocycles. The van der Waals surface area contributed by atoms with Gasteiger partial charge in [0.2, 0.25) is 5.91 Å². The van der Waals surface area contributed by atoms with Crippen molar-refractivity contribution in [2.24, 2.45) is 11.6 Å². The van der Waals surface area contributed by atoms with Crippen LogP contribution in [0.5, 0.6) is 0 Å². The number of unbranched alkanes of at least 4 members (excludes halogenated alkanes) is 1. The number of urea groups is 1.